The van der Waals surface area contributed by atoms with Gasteiger partial charge in [0.2, 0.25) is 0 Å². The van der Waals surface area contributed by atoms with Crippen molar-refractivity contribution in [3.8, 4) is 5.75 Å². The molecule has 1 aromatic rings. The molecule has 2 rings (SSSR count). The van der Waals surface area contributed by atoms with Crippen molar-refractivity contribution in [2.45, 2.75) is 51.1 Å². The lowest BCUT2D eigenvalue weighted by Crippen LogP contribution is -2.46. The van der Waals surface area contributed by atoms with Gasteiger partial charge in [0.05, 0.1) is 12.1 Å². The normalized spacial score (nSPS) is 16.7. The van der Waals surface area contributed by atoms with E-state index in [1.807, 2.05) is 6.92 Å². The van der Waals surface area contributed by atoms with Gasteiger partial charge in [0.15, 0.2) is 5.96 Å². The second kappa shape index (κ2) is 10.2. The van der Waals surface area contributed by atoms with Crippen LogP contribution in [0.2, 0.25) is 0 Å². The van der Waals surface area contributed by atoms with Crippen molar-refractivity contribution in [3.63, 3.8) is 0 Å². The van der Waals surface area contributed by atoms with Crippen LogP contribution in [0.5, 0.6) is 5.75 Å². The smallest absolute Gasteiger partial charge is 0.405 e. The lowest BCUT2D eigenvalue weighted by Gasteiger charge is -2.23. The first-order chi connectivity index (χ1) is 11.8. The molecular weight excluding hydrogens is 462 g/mol. The fourth-order valence-corrected chi connectivity index (χ4v) is 2.82. The molecule has 0 spiro atoms. The molecule has 1 saturated carbocycles. The highest BCUT2D eigenvalue weighted by atomic mass is 127. The predicted molar refractivity (Wildman–Crippen MR) is 105 cm³/mol. The van der Waals surface area contributed by atoms with Crippen LogP contribution in [0, 0.1) is 0 Å². The number of rotatable bonds is 6. The molecule has 3 N–H and O–H groups in total. The van der Waals surface area contributed by atoms with Crippen molar-refractivity contribution >= 4 is 29.9 Å². The van der Waals surface area contributed by atoms with E-state index in [-0.39, 0.29) is 36.3 Å². The van der Waals surface area contributed by atoms with E-state index in [1.165, 1.54) is 12.1 Å². The summed E-state index contributed by atoms with van der Waals surface area (Å²) in [4.78, 5) is 4.30. The Morgan fingerprint density at radius 3 is 2.50 bits per heavy atom. The van der Waals surface area contributed by atoms with Crippen LogP contribution in [0.4, 0.5) is 13.2 Å². The maximum Gasteiger partial charge on any atom is 0.573 e. The summed E-state index contributed by atoms with van der Waals surface area (Å²) in [5.74, 6) is 0.189. The van der Waals surface area contributed by atoms with Crippen molar-refractivity contribution in [3.05, 3.63) is 29.8 Å². The van der Waals surface area contributed by atoms with Crippen LogP contribution in [0.25, 0.3) is 0 Å². The van der Waals surface area contributed by atoms with Gasteiger partial charge in [0.1, 0.15) is 5.75 Å². The topological polar surface area (TPSA) is 65.9 Å². The quantitative estimate of drug-likeness (QED) is 0.326. The predicted octanol–water partition coefficient (Wildman–Crippen LogP) is 3.56. The van der Waals surface area contributed by atoms with Gasteiger partial charge in [0.25, 0.3) is 0 Å². The number of hydrogen-bond acceptors (Lipinski definition) is 3. The van der Waals surface area contributed by atoms with Crippen molar-refractivity contribution in [2.75, 3.05) is 13.1 Å². The number of ether oxygens (including phenoxy) is 1. The molecular formula is C17H25F3IN3O2. The summed E-state index contributed by atoms with van der Waals surface area (Å²) in [6.45, 7) is 2.88. The lowest BCUT2D eigenvalue weighted by molar-refractivity contribution is -0.274. The summed E-state index contributed by atoms with van der Waals surface area (Å²) in [5, 5.41) is 16.5. The molecule has 148 valence electrons. The number of benzene rings is 1. The summed E-state index contributed by atoms with van der Waals surface area (Å²) in [6, 6.07) is 5.92. The fraction of sp³-hybridized carbons (Fsp3) is 0.588. The summed E-state index contributed by atoms with van der Waals surface area (Å²) >= 11 is 0. The van der Waals surface area contributed by atoms with Crippen LogP contribution in [0.1, 0.15) is 38.2 Å². The van der Waals surface area contributed by atoms with E-state index in [0.29, 0.717) is 24.6 Å². The lowest BCUT2D eigenvalue weighted by atomic mass is 10.0. The Bertz CT molecular complexity index is 591. The van der Waals surface area contributed by atoms with Crippen molar-refractivity contribution in [1.82, 2.24) is 10.6 Å². The van der Waals surface area contributed by atoms with Gasteiger partial charge in [-0.1, -0.05) is 31.0 Å². The number of aliphatic imine (C=N–C) groups is 1. The first-order valence-corrected chi connectivity index (χ1v) is 8.39. The molecule has 1 aromatic carbocycles. The molecule has 0 unspecified atom stereocenters. The van der Waals surface area contributed by atoms with E-state index in [1.54, 1.807) is 12.1 Å². The van der Waals surface area contributed by atoms with E-state index >= 15 is 0 Å². The van der Waals surface area contributed by atoms with Crippen LogP contribution in [-0.4, -0.2) is 36.1 Å². The van der Waals surface area contributed by atoms with Gasteiger partial charge in [-0.3, -0.25) is 0 Å². The molecule has 26 heavy (non-hydrogen) atoms. The first-order valence-electron chi connectivity index (χ1n) is 8.39. The first kappa shape index (κ1) is 22.8. The Kier molecular flexibility index (Phi) is 8.94. The zero-order chi connectivity index (χ0) is 18.3. The van der Waals surface area contributed by atoms with Gasteiger partial charge in [-0.2, -0.15) is 0 Å². The number of para-hydroxylation sites is 1. The second-order valence-electron chi connectivity index (χ2n) is 6.14. The Morgan fingerprint density at radius 1 is 1.23 bits per heavy atom. The molecule has 1 aliphatic rings. The van der Waals surface area contributed by atoms with E-state index in [2.05, 4.69) is 20.4 Å². The van der Waals surface area contributed by atoms with Gasteiger partial charge >= 0.3 is 6.36 Å². The summed E-state index contributed by atoms with van der Waals surface area (Å²) < 4.78 is 41.4. The van der Waals surface area contributed by atoms with Crippen LogP contribution in [0.15, 0.2) is 29.3 Å². The van der Waals surface area contributed by atoms with Gasteiger partial charge in [-0.15, -0.1) is 37.1 Å². The number of nitrogens with zero attached hydrogens (tertiary/aromatic N) is 1. The van der Waals surface area contributed by atoms with E-state index < -0.39 is 12.0 Å². The average molecular weight is 487 g/mol. The molecule has 0 aromatic heterocycles. The number of aliphatic hydroxyl groups is 1. The Hall–Kier alpha value is -1.23. The van der Waals surface area contributed by atoms with Gasteiger partial charge in [-0.05, 0) is 25.8 Å². The molecule has 0 bridgehead atoms. The second-order valence-corrected chi connectivity index (χ2v) is 6.14. The van der Waals surface area contributed by atoms with Crippen molar-refractivity contribution < 1.29 is 23.0 Å². The van der Waals surface area contributed by atoms with Gasteiger partial charge < -0.3 is 20.5 Å². The number of halogens is 4. The Labute approximate surface area is 168 Å². The molecule has 0 amide bonds. The number of hydrogen-bond donors (Lipinski definition) is 3. The molecule has 1 aliphatic carbocycles. The Balaban J connectivity index is 0.00000338. The standard InChI is InChI=1S/C17H24F3N3O2.HI/c1-2-21-15(23-12-16(24)9-5-6-10-16)22-11-13-7-3-4-8-14(13)25-17(18,19)20;/h3-4,7-8,24H,2,5-6,9-12H2,1H3,(H2,21,22,23);1H. The van der Waals surface area contributed by atoms with E-state index in [4.69, 9.17) is 0 Å². The van der Waals surface area contributed by atoms with E-state index in [9.17, 15) is 18.3 Å². The van der Waals surface area contributed by atoms with Crippen LogP contribution < -0.4 is 15.4 Å². The Morgan fingerprint density at radius 2 is 1.88 bits per heavy atom. The number of nitrogens with one attached hydrogen (secondary N) is 2. The molecule has 0 heterocycles. The zero-order valence-corrected chi connectivity index (χ0v) is 16.9. The highest BCUT2D eigenvalue weighted by Crippen LogP contribution is 2.29. The molecule has 9 heteroatoms. The number of alkyl halides is 3. The monoisotopic (exact) mass is 487 g/mol. The maximum absolute atomic E-state index is 12.5. The van der Waals surface area contributed by atoms with Crippen LogP contribution in [0.3, 0.4) is 0 Å². The highest BCUT2D eigenvalue weighted by Gasteiger charge is 2.32. The molecule has 0 radical (unpaired) electrons. The fourth-order valence-electron chi connectivity index (χ4n) is 2.82. The van der Waals surface area contributed by atoms with Gasteiger partial charge in [-0.25, -0.2) is 4.99 Å². The largest absolute Gasteiger partial charge is 0.573 e. The maximum atomic E-state index is 12.5. The molecule has 0 aliphatic heterocycles. The minimum atomic E-state index is -4.74. The highest BCUT2D eigenvalue weighted by molar-refractivity contribution is 14.0. The van der Waals surface area contributed by atoms with Gasteiger partial charge in [0, 0.05) is 18.7 Å². The van der Waals surface area contributed by atoms with E-state index in [0.717, 1.165) is 25.7 Å². The third-order valence-corrected chi connectivity index (χ3v) is 4.07. The SMILES string of the molecule is CCNC(=NCc1ccccc1OC(F)(F)F)NCC1(O)CCCC1.I. The third-order valence-electron chi connectivity index (χ3n) is 4.07. The minimum Gasteiger partial charge on any atom is -0.405 e. The molecule has 0 saturated heterocycles. The molecule has 1 fully saturated rings. The van der Waals surface area contributed by atoms with Crippen LogP contribution >= 0.6 is 24.0 Å². The zero-order valence-electron chi connectivity index (χ0n) is 14.6. The average Bonchev–Trinajstić information content (AvgIpc) is 2.97. The minimum absolute atomic E-state index is 0. The summed E-state index contributed by atoms with van der Waals surface area (Å²) in [5.41, 5.74) is -0.412. The van der Waals surface area contributed by atoms with Crippen LogP contribution in [-0.2, 0) is 6.54 Å². The molecule has 0 atom stereocenters. The van der Waals surface area contributed by atoms with Crippen molar-refractivity contribution in [1.29, 1.82) is 0 Å². The number of guanidine groups is 1. The van der Waals surface area contributed by atoms with Crippen molar-refractivity contribution in [2.24, 2.45) is 4.99 Å². The molecule has 5 nitrogen and oxygen atoms in total. The third kappa shape index (κ3) is 7.56. The summed E-state index contributed by atoms with van der Waals surface area (Å²) in [6.07, 6.45) is -1.28. The summed E-state index contributed by atoms with van der Waals surface area (Å²) in [7, 11) is 0.